The van der Waals surface area contributed by atoms with Gasteiger partial charge in [0.2, 0.25) is 0 Å². The van der Waals surface area contributed by atoms with Gasteiger partial charge in [-0.15, -0.1) is 0 Å². The molecule has 2 unspecified atom stereocenters. The van der Waals surface area contributed by atoms with E-state index in [0.29, 0.717) is 5.82 Å². The van der Waals surface area contributed by atoms with Crippen LogP contribution >= 0.6 is 0 Å². The van der Waals surface area contributed by atoms with Crippen LogP contribution in [0.3, 0.4) is 0 Å². The zero-order valence-corrected chi connectivity index (χ0v) is 22.7. The largest absolute Gasteiger partial charge is 0.325 e. The second kappa shape index (κ2) is 9.46. The molecule has 0 spiro atoms. The van der Waals surface area contributed by atoms with E-state index >= 15 is 0 Å². The van der Waals surface area contributed by atoms with Crippen LogP contribution in [0.2, 0.25) is 0 Å². The van der Waals surface area contributed by atoms with Gasteiger partial charge in [0.25, 0.3) is 0 Å². The Bertz CT molecular complexity index is 2040. The van der Waals surface area contributed by atoms with E-state index in [2.05, 4.69) is 156 Å². The summed E-state index contributed by atoms with van der Waals surface area (Å²) in [6, 6.07) is 34.4. The molecule has 4 nitrogen and oxygen atoms in total. The predicted molar refractivity (Wildman–Crippen MR) is 170 cm³/mol. The normalized spacial score (nSPS) is 18.2. The maximum Gasteiger partial charge on any atom is 0.163 e. The van der Waals surface area contributed by atoms with E-state index in [4.69, 9.17) is 9.97 Å². The maximum absolute atomic E-state index is 5.24. The molecule has 0 saturated carbocycles. The van der Waals surface area contributed by atoms with E-state index in [1.165, 1.54) is 27.1 Å². The molecule has 4 aromatic carbocycles. The molecule has 8 rings (SSSR count). The van der Waals surface area contributed by atoms with Crippen molar-refractivity contribution >= 4 is 38.4 Å². The molecule has 2 aliphatic rings. The first-order chi connectivity index (χ1) is 20.3. The Morgan fingerprint density at radius 2 is 1.37 bits per heavy atom. The first kappa shape index (κ1) is 23.6. The molecular weight excluding hydrogens is 500 g/mol. The molecule has 0 amide bonds. The molecule has 1 aliphatic carbocycles. The van der Waals surface area contributed by atoms with E-state index in [-0.39, 0.29) is 12.0 Å². The summed E-state index contributed by atoms with van der Waals surface area (Å²) < 4.78 is 2.28. The SMILES string of the molecule is C/C=C\C1=CN(c2cc(-n3c4ccccc4c4ccccc43)nc(-c3ccc4ccccc4c3)n2)C2C=CC=CC12. The number of benzene rings is 4. The highest BCUT2D eigenvalue weighted by Gasteiger charge is 2.34. The molecule has 1 aliphatic heterocycles. The topological polar surface area (TPSA) is 34.0 Å². The van der Waals surface area contributed by atoms with Crippen LogP contribution in [0.25, 0.3) is 49.8 Å². The fraction of sp³-hybridized carbons (Fsp3) is 0.0811. The lowest BCUT2D eigenvalue weighted by Gasteiger charge is -2.27. The van der Waals surface area contributed by atoms with Crippen molar-refractivity contribution in [2.75, 3.05) is 4.90 Å². The maximum atomic E-state index is 5.24. The highest BCUT2D eigenvalue weighted by atomic mass is 15.2. The van der Waals surface area contributed by atoms with Gasteiger partial charge in [-0.3, -0.25) is 4.57 Å². The zero-order chi connectivity index (χ0) is 27.3. The molecule has 6 aromatic rings. The Hall–Kier alpha value is -5.22. The minimum Gasteiger partial charge on any atom is -0.325 e. The highest BCUT2D eigenvalue weighted by molar-refractivity contribution is 6.09. The van der Waals surface area contributed by atoms with Crippen molar-refractivity contribution in [3.05, 3.63) is 145 Å². The minimum absolute atomic E-state index is 0.163. The van der Waals surface area contributed by atoms with Gasteiger partial charge >= 0.3 is 0 Å². The van der Waals surface area contributed by atoms with E-state index in [9.17, 15) is 0 Å². The van der Waals surface area contributed by atoms with Crippen molar-refractivity contribution in [2.24, 2.45) is 5.92 Å². The standard InChI is InChI=1S/C37H28N4/c1-2-11-28-24-40(32-17-8-5-14-29(28)32)35-23-36(39-37(38-35)27-21-20-25-12-3-4-13-26(25)22-27)41-33-18-9-6-15-30(33)31-16-7-10-19-34(31)41/h2-24,29,32H,1H3/b11-2-. The number of hydrogen-bond donors (Lipinski definition) is 0. The third-order valence-electron chi connectivity index (χ3n) is 8.24. The summed E-state index contributed by atoms with van der Waals surface area (Å²) >= 11 is 0. The van der Waals surface area contributed by atoms with Crippen LogP contribution in [-0.2, 0) is 0 Å². The van der Waals surface area contributed by atoms with Gasteiger partial charge in [0, 0.05) is 34.5 Å². The Kier molecular flexibility index (Phi) is 5.46. The lowest BCUT2D eigenvalue weighted by molar-refractivity contribution is 0.682. The summed E-state index contributed by atoms with van der Waals surface area (Å²) in [4.78, 5) is 12.8. The van der Waals surface area contributed by atoms with Crippen LogP contribution in [0.1, 0.15) is 6.92 Å². The Morgan fingerprint density at radius 3 is 2.15 bits per heavy atom. The number of fused-ring (bicyclic) bond motifs is 5. The average Bonchev–Trinajstić information content (AvgIpc) is 3.57. The zero-order valence-electron chi connectivity index (χ0n) is 22.7. The molecule has 0 radical (unpaired) electrons. The average molecular weight is 529 g/mol. The van der Waals surface area contributed by atoms with Crippen LogP contribution < -0.4 is 4.90 Å². The second-order valence-corrected chi connectivity index (χ2v) is 10.7. The van der Waals surface area contributed by atoms with Crippen LogP contribution in [0, 0.1) is 5.92 Å². The van der Waals surface area contributed by atoms with Crippen molar-refractivity contribution in [3.63, 3.8) is 0 Å². The third kappa shape index (κ3) is 3.83. The quantitative estimate of drug-likeness (QED) is 0.229. The molecule has 4 heteroatoms. The van der Waals surface area contributed by atoms with E-state index in [0.717, 1.165) is 28.2 Å². The molecular formula is C37H28N4. The number of aromatic nitrogens is 3. The lowest BCUT2D eigenvalue weighted by atomic mass is 9.91. The fourth-order valence-electron chi connectivity index (χ4n) is 6.36. The van der Waals surface area contributed by atoms with Crippen LogP contribution in [-0.4, -0.2) is 20.6 Å². The Labute approximate surface area is 238 Å². The molecule has 0 N–H and O–H groups in total. The summed E-state index contributed by atoms with van der Waals surface area (Å²) in [6.45, 7) is 2.07. The molecule has 0 saturated heterocycles. The van der Waals surface area contributed by atoms with Gasteiger partial charge in [-0.25, -0.2) is 9.97 Å². The highest BCUT2D eigenvalue weighted by Crippen LogP contribution is 2.39. The molecule has 2 aromatic heterocycles. The fourth-order valence-corrected chi connectivity index (χ4v) is 6.36. The Balaban J connectivity index is 1.39. The van der Waals surface area contributed by atoms with Gasteiger partial charge in [0.1, 0.15) is 11.6 Å². The van der Waals surface area contributed by atoms with Crippen molar-refractivity contribution in [1.29, 1.82) is 0 Å². The van der Waals surface area contributed by atoms with E-state index in [1.807, 2.05) is 0 Å². The third-order valence-corrected chi connectivity index (χ3v) is 8.24. The van der Waals surface area contributed by atoms with Crippen molar-refractivity contribution < 1.29 is 0 Å². The number of nitrogens with zero attached hydrogens (tertiary/aromatic N) is 4. The molecule has 3 heterocycles. The summed E-state index contributed by atoms with van der Waals surface area (Å²) in [7, 11) is 0. The van der Waals surface area contributed by atoms with Crippen molar-refractivity contribution in [1.82, 2.24) is 14.5 Å². The van der Waals surface area contributed by atoms with Crippen LogP contribution in [0.15, 0.2) is 145 Å². The second-order valence-electron chi connectivity index (χ2n) is 10.7. The smallest absolute Gasteiger partial charge is 0.163 e. The summed E-state index contributed by atoms with van der Waals surface area (Å²) in [6.07, 6.45) is 15.4. The van der Waals surface area contributed by atoms with Crippen molar-refractivity contribution in [3.8, 4) is 17.2 Å². The van der Waals surface area contributed by atoms with Crippen LogP contribution in [0.5, 0.6) is 0 Å². The van der Waals surface area contributed by atoms with Gasteiger partial charge in [0.05, 0.1) is 17.1 Å². The van der Waals surface area contributed by atoms with Gasteiger partial charge in [-0.2, -0.15) is 0 Å². The first-order valence-corrected chi connectivity index (χ1v) is 14.1. The number of anilines is 1. The van der Waals surface area contributed by atoms with Gasteiger partial charge < -0.3 is 4.90 Å². The number of hydrogen-bond acceptors (Lipinski definition) is 3. The first-order valence-electron chi connectivity index (χ1n) is 14.1. The van der Waals surface area contributed by atoms with Gasteiger partial charge in [-0.05, 0) is 41.5 Å². The van der Waals surface area contributed by atoms with Crippen LogP contribution in [0.4, 0.5) is 5.82 Å². The van der Waals surface area contributed by atoms with Crippen molar-refractivity contribution in [2.45, 2.75) is 13.0 Å². The minimum atomic E-state index is 0.163. The molecule has 0 fully saturated rings. The number of para-hydroxylation sites is 2. The van der Waals surface area contributed by atoms with E-state index < -0.39 is 0 Å². The summed E-state index contributed by atoms with van der Waals surface area (Å²) in [5.41, 5.74) is 4.54. The molecule has 0 bridgehead atoms. The van der Waals surface area contributed by atoms with Gasteiger partial charge in [0.15, 0.2) is 5.82 Å². The Morgan fingerprint density at radius 1 is 0.683 bits per heavy atom. The number of rotatable bonds is 4. The summed E-state index contributed by atoms with van der Waals surface area (Å²) in [5, 5.41) is 4.81. The molecule has 2 atom stereocenters. The van der Waals surface area contributed by atoms with Gasteiger partial charge in [-0.1, -0.05) is 109 Å². The van der Waals surface area contributed by atoms with E-state index in [1.54, 1.807) is 0 Å². The predicted octanol–water partition coefficient (Wildman–Crippen LogP) is 8.78. The summed E-state index contributed by atoms with van der Waals surface area (Å²) in [5.74, 6) is 2.74. The monoisotopic (exact) mass is 528 g/mol. The molecule has 41 heavy (non-hydrogen) atoms. The number of allylic oxidation sites excluding steroid dienone is 4. The molecule has 196 valence electrons. The lowest BCUT2D eigenvalue weighted by Crippen LogP contribution is -2.31.